The molecule has 7 heteroatoms. The first-order valence-corrected chi connectivity index (χ1v) is 8.43. The molecule has 118 valence electrons. The molecule has 0 spiro atoms. The van der Waals surface area contributed by atoms with E-state index in [4.69, 9.17) is 16.7 Å². The molecule has 0 bridgehead atoms. The maximum atomic E-state index is 13.3. The Morgan fingerprint density at radius 3 is 2.50 bits per heavy atom. The van der Waals surface area contributed by atoms with Gasteiger partial charge in [-0.3, -0.25) is 0 Å². The summed E-state index contributed by atoms with van der Waals surface area (Å²) < 4.78 is 40.6. The lowest BCUT2D eigenvalue weighted by molar-refractivity contribution is 0.272. The quantitative estimate of drug-likeness (QED) is 0.847. The smallest absolute Gasteiger partial charge is 0.242 e. The third-order valence-corrected chi connectivity index (χ3v) is 5.05. The van der Waals surface area contributed by atoms with Gasteiger partial charge < -0.3 is 5.11 Å². The molecular weight excluding hydrogens is 329 g/mol. The van der Waals surface area contributed by atoms with E-state index in [1.54, 1.807) is 30.3 Å². The fourth-order valence-electron chi connectivity index (χ4n) is 2.04. The van der Waals surface area contributed by atoms with Crippen molar-refractivity contribution >= 4 is 21.6 Å². The molecule has 4 nitrogen and oxygen atoms in total. The Kier molecular flexibility index (Phi) is 5.52. The highest BCUT2D eigenvalue weighted by molar-refractivity contribution is 7.89. The largest absolute Gasteiger partial charge is 0.396 e. The van der Waals surface area contributed by atoms with Crippen LogP contribution in [0.15, 0.2) is 53.4 Å². The Hall–Kier alpha value is -1.47. The summed E-state index contributed by atoms with van der Waals surface area (Å²) in [6.45, 7) is -0.195. The predicted molar refractivity (Wildman–Crippen MR) is 82.6 cm³/mol. The van der Waals surface area contributed by atoms with Crippen LogP contribution in [0.1, 0.15) is 18.0 Å². The molecule has 0 heterocycles. The third-order valence-electron chi connectivity index (χ3n) is 3.10. The molecule has 0 aromatic heterocycles. The Balaban J connectivity index is 2.34. The molecule has 0 saturated carbocycles. The number of aliphatic hydroxyl groups is 1. The average Bonchev–Trinajstić information content (AvgIpc) is 2.50. The van der Waals surface area contributed by atoms with Crippen molar-refractivity contribution in [2.45, 2.75) is 17.4 Å². The van der Waals surface area contributed by atoms with Gasteiger partial charge in [-0.15, -0.1) is 0 Å². The molecule has 0 fully saturated rings. The van der Waals surface area contributed by atoms with Gasteiger partial charge in [0.15, 0.2) is 0 Å². The lowest BCUT2D eigenvalue weighted by atomic mass is 10.1. The number of hydrogen-bond acceptors (Lipinski definition) is 3. The second-order valence-electron chi connectivity index (χ2n) is 4.67. The van der Waals surface area contributed by atoms with Gasteiger partial charge in [0.2, 0.25) is 10.0 Å². The summed E-state index contributed by atoms with van der Waals surface area (Å²) in [5.41, 5.74) is 0.702. The van der Waals surface area contributed by atoms with Gasteiger partial charge in [0, 0.05) is 12.6 Å². The van der Waals surface area contributed by atoms with Gasteiger partial charge in [-0.25, -0.2) is 17.5 Å². The summed E-state index contributed by atoms with van der Waals surface area (Å²) in [7, 11) is -4.02. The average molecular weight is 344 g/mol. The van der Waals surface area contributed by atoms with Gasteiger partial charge in [-0.05, 0) is 30.2 Å². The highest BCUT2D eigenvalue weighted by Gasteiger charge is 2.23. The minimum atomic E-state index is -4.02. The van der Waals surface area contributed by atoms with Gasteiger partial charge >= 0.3 is 0 Å². The van der Waals surface area contributed by atoms with E-state index in [0.29, 0.717) is 5.56 Å². The fourth-order valence-corrected chi connectivity index (χ4v) is 3.81. The third kappa shape index (κ3) is 4.04. The van der Waals surface area contributed by atoms with Crippen LogP contribution in [0.2, 0.25) is 5.02 Å². The van der Waals surface area contributed by atoms with Gasteiger partial charge in [-0.2, -0.15) is 0 Å². The zero-order valence-corrected chi connectivity index (χ0v) is 13.1. The zero-order chi connectivity index (χ0) is 16.2. The van der Waals surface area contributed by atoms with Crippen LogP contribution in [0.4, 0.5) is 4.39 Å². The van der Waals surface area contributed by atoms with Crippen LogP contribution in [0.5, 0.6) is 0 Å². The van der Waals surface area contributed by atoms with E-state index in [2.05, 4.69) is 4.72 Å². The first-order chi connectivity index (χ1) is 10.4. The summed E-state index contributed by atoms with van der Waals surface area (Å²) in [5.74, 6) is -0.691. The Morgan fingerprint density at radius 1 is 1.18 bits per heavy atom. The normalized spacial score (nSPS) is 13.0. The monoisotopic (exact) mass is 343 g/mol. The fraction of sp³-hybridized carbons (Fsp3) is 0.200. The summed E-state index contributed by atoms with van der Waals surface area (Å²) in [4.78, 5) is -0.326. The van der Waals surface area contributed by atoms with Crippen molar-refractivity contribution in [1.82, 2.24) is 4.72 Å². The number of sulfonamides is 1. The van der Waals surface area contributed by atoms with Crippen molar-refractivity contribution in [3.8, 4) is 0 Å². The molecule has 2 aromatic rings. The molecule has 1 atom stereocenters. The van der Waals surface area contributed by atoms with Crippen molar-refractivity contribution in [3.63, 3.8) is 0 Å². The molecule has 2 N–H and O–H groups in total. The van der Waals surface area contributed by atoms with Crippen molar-refractivity contribution in [2.24, 2.45) is 0 Å². The van der Waals surface area contributed by atoms with Crippen LogP contribution in [0, 0.1) is 5.82 Å². The SMILES string of the molecule is O=S(=O)(N[C@H](CCO)c1ccccc1)c1cc(F)ccc1Cl. The number of aliphatic hydroxyl groups excluding tert-OH is 1. The van der Waals surface area contributed by atoms with Gasteiger partial charge in [0.05, 0.1) is 5.02 Å². The number of halogens is 2. The Morgan fingerprint density at radius 2 is 1.86 bits per heavy atom. The lowest BCUT2D eigenvalue weighted by Crippen LogP contribution is -2.29. The van der Waals surface area contributed by atoms with Gasteiger partial charge in [0.25, 0.3) is 0 Å². The Labute approximate surface area is 133 Å². The van der Waals surface area contributed by atoms with Crippen LogP contribution in [0.3, 0.4) is 0 Å². The highest BCUT2D eigenvalue weighted by atomic mass is 35.5. The topological polar surface area (TPSA) is 66.4 Å². The maximum absolute atomic E-state index is 13.3. The molecule has 0 aliphatic rings. The Bertz CT molecular complexity index is 738. The molecule has 0 unspecified atom stereocenters. The minimum Gasteiger partial charge on any atom is -0.396 e. The first-order valence-electron chi connectivity index (χ1n) is 6.57. The molecule has 0 aliphatic carbocycles. The summed E-state index contributed by atoms with van der Waals surface area (Å²) in [5, 5.41) is 9.08. The number of nitrogens with one attached hydrogen (secondary N) is 1. The molecular formula is C15H15ClFNO3S. The molecule has 0 radical (unpaired) electrons. The summed E-state index contributed by atoms with van der Waals surface area (Å²) in [6.07, 6.45) is 0.191. The van der Waals surface area contributed by atoms with Crippen LogP contribution in [-0.4, -0.2) is 20.1 Å². The zero-order valence-electron chi connectivity index (χ0n) is 11.5. The highest BCUT2D eigenvalue weighted by Crippen LogP contribution is 2.25. The van der Waals surface area contributed by atoms with E-state index >= 15 is 0 Å². The predicted octanol–water partition coefficient (Wildman–Crippen LogP) is 2.88. The van der Waals surface area contributed by atoms with Crippen LogP contribution >= 0.6 is 11.6 Å². The van der Waals surface area contributed by atoms with Crippen molar-refractivity contribution < 1.29 is 17.9 Å². The van der Waals surface area contributed by atoms with Crippen molar-refractivity contribution in [2.75, 3.05) is 6.61 Å². The van der Waals surface area contributed by atoms with E-state index in [9.17, 15) is 12.8 Å². The minimum absolute atomic E-state index is 0.0651. The second kappa shape index (κ2) is 7.19. The lowest BCUT2D eigenvalue weighted by Gasteiger charge is -2.19. The van der Waals surface area contributed by atoms with E-state index in [-0.39, 0.29) is 22.9 Å². The van der Waals surface area contributed by atoms with Crippen molar-refractivity contribution in [3.05, 3.63) is 64.9 Å². The molecule has 2 aromatic carbocycles. The first kappa shape index (κ1) is 16.9. The van der Waals surface area contributed by atoms with E-state index in [1.165, 1.54) is 6.07 Å². The molecule has 22 heavy (non-hydrogen) atoms. The standard InChI is InChI=1S/C15H15ClFNO3S/c16-13-7-6-12(17)10-15(13)22(20,21)18-14(8-9-19)11-4-2-1-3-5-11/h1-7,10,14,18-19H,8-9H2/t14-/m1/s1. The van der Waals surface area contributed by atoms with Crippen LogP contribution in [0.25, 0.3) is 0 Å². The van der Waals surface area contributed by atoms with E-state index in [1.807, 2.05) is 0 Å². The number of hydrogen-bond donors (Lipinski definition) is 2. The van der Waals surface area contributed by atoms with Crippen molar-refractivity contribution in [1.29, 1.82) is 0 Å². The molecule has 0 aliphatic heterocycles. The maximum Gasteiger partial charge on any atom is 0.242 e. The van der Waals surface area contributed by atoms with E-state index in [0.717, 1.165) is 12.1 Å². The van der Waals surface area contributed by atoms with E-state index < -0.39 is 21.9 Å². The summed E-state index contributed by atoms with van der Waals surface area (Å²) in [6, 6.07) is 11.3. The van der Waals surface area contributed by atoms with Crippen LogP contribution < -0.4 is 4.72 Å². The second-order valence-corrected chi connectivity index (χ2v) is 6.76. The molecule has 0 amide bonds. The van der Waals surface area contributed by atoms with Gasteiger partial charge in [-0.1, -0.05) is 41.9 Å². The van der Waals surface area contributed by atoms with Crippen LogP contribution in [-0.2, 0) is 10.0 Å². The summed E-state index contributed by atoms with van der Waals surface area (Å²) >= 11 is 5.85. The molecule has 0 saturated heterocycles. The number of benzene rings is 2. The number of rotatable bonds is 6. The molecule has 2 rings (SSSR count). The van der Waals surface area contributed by atoms with Gasteiger partial charge in [0.1, 0.15) is 10.7 Å².